The summed E-state index contributed by atoms with van der Waals surface area (Å²) >= 11 is 0. The van der Waals surface area contributed by atoms with Crippen LogP contribution in [0.5, 0.6) is 17.2 Å². The molecule has 3 aromatic rings. The van der Waals surface area contributed by atoms with Crippen molar-refractivity contribution in [1.29, 1.82) is 0 Å². The molecule has 7 heteroatoms. The van der Waals surface area contributed by atoms with Crippen molar-refractivity contribution in [3.05, 3.63) is 65.5 Å². The van der Waals surface area contributed by atoms with Gasteiger partial charge in [0.05, 0.1) is 19.8 Å². The van der Waals surface area contributed by atoms with Gasteiger partial charge in [0.1, 0.15) is 17.9 Å². The van der Waals surface area contributed by atoms with Gasteiger partial charge < -0.3 is 23.4 Å². The zero-order valence-electron chi connectivity index (χ0n) is 16.1. The average Bonchev–Trinajstić information content (AvgIpc) is 2.75. The summed E-state index contributed by atoms with van der Waals surface area (Å²) in [6, 6.07) is 11.9. The molecule has 1 heterocycles. The maximum absolute atomic E-state index is 12.5. The van der Waals surface area contributed by atoms with Gasteiger partial charge in [-0.25, -0.2) is 9.59 Å². The third kappa shape index (κ3) is 4.57. The van der Waals surface area contributed by atoms with Crippen molar-refractivity contribution >= 4 is 16.9 Å². The molecule has 0 bridgehead atoms. The second-order valence-electron chi connectivity index (χ2n) is 5.98. The van der Waals surface area contributed by atoms with Gasteiger partial charge in [-0.15, -0.1) is 0 Å². The molecule has 0 aliphatic carbocycles. The van der Waals surface area contributed by atoms with E-state index in [1.54, 1.807) is 49.6 Å². The molecule has 0 fully saturated rings. The van der Waals surface area contributed by atoms with Gasteiger partial charge in [-0.2, -0.15) is 0 Å². The minimum absolute atomic E-state index is 0.119. The van der Waals surface area contributed by atoms with Crippen LogP contribution in [-0.2, 0) is 9.53 Å². The highest BCUT2D eigenvalue weighted by Crippen LogP contribution is 2.32. The van der Waals surface area contributed by atoms with Crippen LogP contribution in [0.1, 0.15) is 0 Å². The number of rotatable bonds is 8. The molecule has 150 valence electrons. The van der Waals surface area contributed by atoms with Gasteiger partial charge in [0.25, 0.3) is 0 Å². The lowest BCUT2D eigenvalue weighted by Gasteiger charge is -2.10. The summed E-state index contributed by atoms with van der Waals surface area (Å²) in [5.41, 5.74) is 0.868. The lowest BCUT2D eigenvalue weighted by atomic mass is 10.1. The van der Waals surface area contributed by atoms with Crippen molar-refractivity contribution in [2.45, 2.75) is 0 Å². The number of methoxy groups -OCH3 is 2. The number of hydrogen-bond acceptors (Lipinski definition) is 7. The maximum Gasteiger partial charge on any atom is 0.344 e. The molecular formula is C22H20O7. The Kier molecular flexibility index (Phi) is 6.19. The third-order valence-electron chi connectivity index (χ3n) is 4.12. The first-order valence-electron chi connectivity index (χ1n) is 8.75. The molecule has 0 N–H and O–H groups in total. The largest absolute Gasteiger partial charge is 0.493 e. The summed E-state index contributed by atoms with van der Waals surface area (Å²) in [6.45, 7) is 3.33. The standard InChI is InChI=1S/C22H20O7/c1-4-9-27-21(23)13-28-16-7-5-15-10-17(22(24)29-19(15)12-16)14-6-8-18(25-2)20(11-14)26-3/h4-8,10-12H,1,9,13H2,2-3H3. The normalized spacial score (nSPS) is 10.4. The third-order valence-corrected chi connectivity index (χ3v) is 4.12. The summed E-state index contributed by atoms with van der Waals surface area (Å²) in [6.07, 6.45) is 1.47. The number of hydrogen-bond donors (Lipinski definition) is 0. The lowest BCUT2D eigenvalue weighted by Crippen LogP contribution is -2.14. The second-order valence-corrected chi connectivity index (χ2v) is 5.98. The van der Waals surface area contributed by atoms with Crippen molar-refractivity contribution in [2.75, 3.05) is 27.4 Å². The lowest BCUT2D eigenvalue weighted by molar-refractivity contribution is -0.144. The number of carbonyl (C=O) groups is 1. The van der Waals surface area contributed by atoms with Crippen molar-refractivity contribution in [2.24, 2.45) is 0 Å². The summed E-state index contributed by atoms with van der Waals surface area (Å²) in [5.74, 6) is 0.941. The Hall–Kier alpha value is -3.74. The fourth-order valence-corrected chi connectivity index (χ4v) is 2.72. The second kappa shape index (κ2) is 8.97. The predicted octanol–water partition coefficient (Wildman–Crippen LogP) is 3.59. The Morgan fingerprint density at radius 3 is 2.59 bits per heavy atom. The zero-order valence-corrected chi connectivity index (χ0v) is 16.1. The maximum atomic E-state index is 12.5. The Labute approximate surface area is 167 Å². The Bertz CT molecular complexity index is 1100. The molecule has 0 amide bonds. The van der Waals surface area contributed by atoms with Crippen LogP contribution in [0.4, 0.5) is 0 Å². The number of esters is 1. The highest BCUT2D eigenvalue weighted by molar-refractivity contribution is 5.83. The van der Waals surface area contributed by atoms with E-state index >= 15 is 0 Å². The predicted molar refractivity (Wildman–Crippen MR) is 108 cm³/mol. The molecule has 0 spiro atoms. The molecule has 0 aliphatic rings. The molecule has 0 aliphatic heterocycles. The SMILES string of the molecule is C=CCOC(=O)COc1ccc2cc(-c3ccc(OC)c(OC)c3)c(=O)oc2c1. The molecule has 7 nitrogen and oxygen atoms in total. The van der Waals surface area contributed by atoms with E-state index in [2.05, 4.69) is 6.58 Å². The van der Waals surface area contributed by atoms with E-state index in [1.165, 1.54) is 13.2 Å². The van der Waals surface area contributed by atoms with Crippen LogP contribution >= 0.6 is 0 Å². The fraction of sp³-hybridized carbons (Fsp3) is 0.182. The zero-order chi connectivity index (χ0) is 20.8. The van der Waals surface area contributed by atoms with Gasteiger partial charge in [-0.1, -0.05) is 18.7 Å². The average molecular weight is 396 g/mol. The van der Waals surface area contributed by atoms with Crippen LogP contribution in [0.25, 0.3) is 22.1 Å². The number of carbonyl (C=O) groups excluding carboxylic acids is 1. The Morgan fingerprint density at radius 1 is 1.07 bits per heavy atom. The van der Waals surface area contributed by atoms with E-state index in [-0.39, 0.29) is 13.2 Å². The topological polar surface area (TPSA) is 84.2 Å². The molecule has 29 heavy (non-hydrogen) atoms. The molecule has 2 aromatic carbocycles. The summed E-state index contributed by atoms with van der Waals surface area (Å²) in [5, 5.41) is 0.705. The molecule has 0 saturated heterocycles. The molecule has 0 saturated carbocycles. The van der Waals surface area contributed by atoms with Gasteiger partial charge in [-0.3, -0.25) is 0 Å². The van der Waals surface area contributed by atoms with Crippen molar-refractivity contribution < 1.29 is 28.2 Å². The van der Waals surface area contributed by atoms with Gasteiger partial charge in [0, 0.05) is 11.5 Å². The van der Waals surface area contributed by atoms with E-state index in [9.17, 15) is 9.59 Å². The van der Waals surface area contributed by atoms with E-state index < -0.39 is 11.6 Å². The molecule has 0 unspecified atom stereocenters. The van der Waals surface area contributed by atoms with E-state index in [0.717, 1.165) is 0 Å². The minimum atomic E-state index is -0.518. The molecule has 0 radical (unpaired) electrons. The van der Waals surface area contributed by atoms with Gasteiger partial charge in [0.15, 0.2) is 18.1 Å². The molecule has 3 rings (SSSR count). The first-order chi connectivity index (χ1) is 14.0. The van der Waals surface area contributed by atoms with E-state index in [0.29, 0.717) is 39.3 Å². The Morgan fingerprint density at radius 2 is 1.86 bits per heavy atom. The van der Waals surface area contributed by atoms with Gasteiger partial charge in [0.2, 0.25) is 0 Å². The summed E-state index contributed by atoms with van der Waals surface area (Å²) < 4.78 is 26.2. The monoisotopic (exact) mass is 396 g/mol. The summed E-state index contributed by atoms with van der Waals surface area (Å²) in [4.78, 5) is 24.0. The highest BCUT2D eigenvalue weighted by atomic mass is 16.6. The molecular weight excluding hydrogens is 376 g/mol. The van der Waals surface area contributed by atoms with Crippen LogP contribution in [-0.4, -0.2) is 33.4 Å². The van der Waals surface area contributed by atoms with Gasteiger partial charge >= 0.3 is 11.6 Å². The first kappa shape index (κ1) is 20.0. The smallest absolute Gasteiger partial charge is 0.344 e. The van der Waals surface area contributed by atoms with Crippen LogP contribution in [0, 0.1) is 0 Å². The van der Waals surface area contributed by atoms with Crippen LogP contribution in [0.15, 0.2) is 64.3 Å². The van der Waals surface area contributed by atoms with Crippen molar-refractivity contribution in [1.82, 2.24) is 0 Å². The number of benzene rings is 2. The number of fused-ring (bicyclic) bond motifs is 1. The van der Waals surface area contributed by atoms with E-state index in [1.807, 2.05) is 0 Å². The minimum Gasteiger partial charge on any atom is -0.493 e. The van der Waals surface area contributed by atoms with Crippen LogP contribution < -0.4 is 19.8 Å². The molecule has 0 atom stereocenters. The highest BCUT2D eigenvalue weighted by Gasteiger charge is 2.12. The van der Waals surface area contributed by atoms with Crippen molar-refractivity contribution in [3.8, 4) is 28.4 Å². The van der Waals surface area contributed by atoms with E-state index in [4.69, 9.17) is 23.4 Å². The quantitative estimate of drug-likeness (QED) is 0.327. The Balaban J connectivity index is 1.88. The molecule has 1 aromatic heterocycles. The van der Waals surface area contributed by atoms with Crippen LogP contribution in [0.3, 0.4) is 0 Å². The summed E-state index contributed by atoms with van der Waals surface area (Å²) in [7, 11) is 3.07. The van der Waals surface area contributed by atoms with Crippen LogP contribution in [0.2, 0.25) is 0 Å². The van der Waals surface area contributed by atoms with Gasteiger partial charge in [-0.05, 0) is 35.9 Å². The fourth-order valence-electron chi connectivity index (χ4n) is 2.72. The first-order valence-corrected chi connectivity index (χ1v) is 8.75. The van der Waals surface area contributed by atoms with Crippen molar-refractivity contribution in [3.63, 3.8) is 0 Å². The number of ether oxygens (including phenoxy) is 4.